The highest BCUT2D eigenvalue weighted by atomic mass is 35.5. The largest absolute Gasteiger partial charge is 0.453 e. The van der Waals surface area contributed by atoms with Gasteiger partial charge in [-0.25, -0.2) is 13.2 Å². The Balaban J connectivity index is 1.57. The van der Waals surface area contributed by atoms with E-state index >= 15 is 0 Å². The lowest BCUT2D eigenvalue weighted by Crippen LogP contribution is -2.50. The van der Waals surface area contributed by atoms with Crippen LogP contribution >= 0.6 is 23.2 Å². The van der Waals surface area contributed by atoms with Crippen molar-refractivity contribution in [1.29, 1.82) is 0 Å². The van der Waals surface area contributed by atoms with Crippen LogP contribution in [0.2, 0.25) is 10.0 Å². The van der Waals surface area contributed by atoms with Crippen LogP contribution in [0, 0.1) is 0 Å². The number of nitrogens with zero attached hydrogens (tertiary/aromatic N) is 3. The van der Waals surface area contributed by atoms with E-state index in [1.54, 1.807) is 47.4 Å². The SMILES string of the molecule is COC(=O)N1CCN(CCNC(=O)c2ccc(N(Cc3cccc(Cl)c3Cl)S(C)(=O)=O)cc2)CC1. The summed E-state index contributed by atoms with van der Waals surface area (Å²) in [5, 5.41) is 3.51. The highest BCUT2D eigenvalue weighted by Gasteiger charge is 2.22. The number of anilines is 1. The predicted octanol–water partition coefficient (Wildman–Crippen LogP) is 3.07. The Bertz CT molecular complexity index is 1150. The molecule has 9 nitrogen and oxygen atoms in total. The van der Waals surface area contributed by atoms with Crippen LogP contribution < -0.4 is 9.62 Å². The number of nitrogens with one attached hydrogen (secondary N) is 1. The zero-order chi connectivity index (χ0) is 25.6. The summed E-state index contributed by atoms with van der Waals surface area (Å²) >= 11 is 12.3. The molecule has 1 saturated heterocycles. The number of methoxy groups -OCH3 is 1. The number of halogens is 2. The number of carbonyl (C=O) groups is 2. The first-order valence-electron chi connectivity index (χ1n) is 10.9. The van der Waals surface area contributed by atoms with Crippen molar-refractivity contribution in [2.24, 2.45) is 0 Å². The van der Waals surface area contributed by atoms with Crippen molar-refractivity contribution in [2.75, 3.05) is 56.9 Å². The first-order chi connectivity index (χ1) is 16.6. The zero-order valence-electron chi connectivity index (χ0n) is 19.5. The predicted molar refractivity (Wildman–Crippen MR) is 137 cm³/mol. The molecule has 0 bridgehead atoms. The first kappa shape index (κ1) is 27.1. The Hall–Kier alpha value is -2.53. The third-order valence-corrected chi connectivity index (χ3v) is 7.68. The van der Waals surface area contributed by atoms with E-state index in [9.17, 15) is 18.0 Å². The van der Waals surface area contributed by atoms with Crippen LogP contribution in [-0.4, -0.2) is 82.9 Å². The fourth-order valence-electron chi connectivity index (χ4n) is 3.72. The maximum atomic E-state index is 12.6. The van der Waals surface area contributed by atoms with Gasteiger partial charge >= 0.3 is 6.09 Å². The number of hydrogen-bond acceptors (Lipinski definition) is 6. The van der Waals surface area contributed by atoms with Crippen LogP contribution in [0.15, 0.2) is 42.5 Å². The van der Waals surface area contributed by atoms with E-state index in [1.807, 2.05) is 0 Å². The highest BCUT2D eigenvalue weighted by molar-refractivity contribution is 7.92. The number of carbonyl (C=O) groups excluding carboxylic acids is 2. The quantitative estimate of drug-likeness (QED) is 0.550. The number of amides is 2. The zero-order valence-corrected chi connectivity index (χ0v) is 21.9. The van der Waals surface area contributed by atoms with Gasteiger partial charge in [0.1, 0.15) is 0 Å². The molecule has 1 fully saturated rings. The summed E-state index contributed by atoms with van der Waals surface area (Å²) in [5.74, 6) is -0.256. The third-order valence-electron chi connectivity index (χ3n) is 5.68. The van der Waals surface area contributed by atoms with E-state index in [2.05, 4.69) is 10.2 Å². The first-order valence-corrected chi connectivity index (χ1v) is 13.5. The highest BCUT2D eigenvalue weighted by Crippen LogP contribution is 2.29. The molecule has 0 aliphatic carbocycles. The van der Waals surface area contributed by atoms with Crippen molar-refractivity contribution >= 4 is 50.9 Å². The molecule has 35 heavy (non-hydrogen) atoms. The monoisotopic (exact) mass is 542 g/mol. The second-order valence-corrected chi connectivity index (χ2v) is 10.8. The summed E-state index contributed by atoms with van der Waals surface area (Å²) < 4.78 is 30.9. The molecule has 1 aliphatic rings. The van der Waals surface area contributed by atoms with Crippen molar-refractivity contribution in [3.8, 4) is 0 Å². The van der Waals surface area contributed by atoms with E-state index in [1.165, 1.54) is 11.4 Å². The Morgan fingerprint density at radius 2 is 1.71 bits per heavy atom. The standard InChI is InChI=1S/C23H28Cl2N4O5S/c1-34-23(31)28-14-12-27(13-15-28)11-10-26-22(30)17-6-8-19(9-7-17)29(35(2,32)33)16-18-4-3-5-20(24)21(18)25/h3-9H,10-16H2,1-2H3,(H,26,30). The van der Waals surface area contributed by atoms with Crippen molar-refractivity contribution in [3.05, 3.63) is 63.6 Å². The van der Waals surface area contributed by atoms with Gasteiger partial charge in [-0.1, -0.05) is 35.3 Å². The molecule has 0 radical (unpaired) electrons. The molecule has 12 heteroatoms. The van der Waals surface area contributed by atoms with Crippen LogP contribution in [0.3, 0.4) is 0 Å². The molecular weight excluding hydrogens is 515 g/mol. The number of sulfonamides is 1. The Labute approximate surface area is 215 Å². The van der Waals surface area contributed by atoms with Gasteiger partial charge in [0, 0.05) is 44.8 Å². The topological polar surface area (TPSA) is 99.3 Å². The number of benzene rings is 2. The van der Waals surface area contributed by atoms with Gasteiger partial charge in [0.15, 0.2) is 0 Å². The summed E-state index contributed by atoms with van der Waals surface area (Å²) in [5.41, 5.74) is 1.39. The summed E-state index contributed by atoms with van der Waals surface area (Å²) in [6.07, 6.45) is 0.781. The number of ether oxygens (including phenoxy) is 1. The van der Waals surface area contributed by atoms with Gasteiger partial charge in [0.05, 0.1) is 35.6 Å². The van der Waals surface area contributed by atoms with Gasteiger partial charge < -0.3 is 15.0 Å². The smallest absolute Gasteiger partial charge is 0.409 e. The van der Waals surface area contributed by atoms with Crippen LogP contribution in [0.5, 0.6) is 0 Å². The molecule has 190 valence electrons. The summed E-state index contributed by atoms with van der Waals surface area (Å²) in [6.45, 7) is 3.68. The lowest BCUT2D eigenvalue weighted by molar-refractivity contribution is 0.0885. The van der Waals surface area contributed by atoms with E-state index in [-0.39, 0.29) is 18.5 Å². The van der Waals surface area contributed by atoms with Crippen LogP contribution in [0.1, 0.15) is 15.9 Å². The molecule has 2 aromatic rings. The average Bonchev–Trinajstić information content (AvgIpc) is 2.84. The fraction of sp³-hybridized carbons (Fsp3) is 0.391. The van der Waals surface area contributed by atoms with E-state index in [4.69, 9.17) is 27.9 Å². The second kappa shape index (κ2) is 11.9. The number of rotatable bonds is 8. The minimum atomic E-state index is -3.62. The molecule has 0 atom stereocenters. The number of hydrogen-bond donors (Lipinski definition) is 1. The third kappa shape index (κ3) is 7.23. The maximum absolute atomic E-state index is 12.6. The van der Waals surface area contributed by atoms with E-state index in [0.29, 0.717) is 66.1 Å². The Morgan fingerprint density at radius 3 is 2.31 bits per heavy atom. The molecule has 2 amide bonds. The minimum absolute atomic E-state index is 0.00696. The van der Waals surface area contributed by atoms with Gasteiger partial charge in [-0.3, -0.25) is 14.0 Å². The molecule has 1 heterocycles. The van der Waals surface area contributed by atoms with Gasteiger partial charge in [-0.2, -0.15) is 0 Å². The summed E-state index contributed by atoms with van der Waals surface area (Å²) in [4.78, 5) is 27.9. The summed E-state index contributed by atoms with van der Waals surface area (Å²) in [7, 11) is -2.26. The van der Waals surface area contributed by atoms with E-state index in [0.717, 1.165) is 6.26 Å². The van der Waals surface area contributed by atoms with Crippen molar-refractivity contribution in [3.63, 3.8) is 0 Å². The van der Waals surface area contributed by atoms with Gasteiger partial charge in [-0.15, -0.1) is 0 Å². The second-order valence-electron chi connectivity index (χ2n) is 8.08. The van der Waals surface area contributed by atoms with Gasteiger partial charge in [0.25, 0.3) is 5.91 Å². The Morgan fingerprint density at radius 1 is 1.06 bits per heavy atom. The fourth-order valence-corrected chi connectivity index (χ4v) is 4.98. The van der Waals surface area contributed by atoms with Gasteiger partial charge in [-0.05, 0) is 35.9 Å². The maximum Gasteiger partial charge on any atom is 0.409 e. The molecule has 0 spiro atoms. The molecule has 0 saturated carbocycles. The molecular formula is C23H28Cl2N4O5S. The van der Waals surface area contributed by atoms with Crippen molar-refractivity contribution in [2.45, 2.75) is 6.54 Å². The summed E-state index contributed by atoms with van der Waals surface area (Å²) in [6, 6.07) is 11.4. The molecule has 0 unspecified atom stereocenters. The molecule has 2 aromatic carbocycles. The van der Waals surface area contributed by atoms with Crippen LogP contribution in [0.25, 0.3) is 0 Å². The molecule has 1 aliphatic heterocycles. The number of piperazine rings is 1. The molecule has 1 N–H and O–H groups in total. The molecule has 0 aromatic heterocycles. The lowest BCUT2D eigenvalue weighted by atomic mass is 10.1. The lowest BCUT2D eigenvalue weighted by Gasteiger charge is -2.33. The average molecular weight is 543 g/mol. The van der Waals surface area contributed by atoms with Gasteiger partial charge in [0.2, 0.25) is 10.0 Å². The minimum Gasteiger partial charge on any atom is -0.453 e. The van der Waals surface area contributed by atoms with Crippen LogP contribution in [0.4, 0.5) is 10.5 Å². The van der Waals surface area contributed by atoms with Crippen molar-refractivity contribution < 1.29 is 22.7 Å². The van der Waals surface area contributed by atoms with Crippen LogP contribution in [-0.2, 0) is 21.3 Å². The van der Waals surface area contributed by atoms with E-state index < -0.39 is 10.0 Å². The molecule has 3 rings (SSSR count). The van der Waals surface area contributed by atoms with Crippen molar-refractivity contribution in [1.82, 2.24) is 15.1 Å². The normalized spacial score (nSPS) is 14.5. The Kier molecular flexibility index (Phi) is 9.23.